The number of allylic oxidation sites excluding steroid dienone is 1. The van der Waals surface area contributed by atoms with Crippen molar-refractivity contribution in [3.8, 4) is 6.07 Å². The fraction of sp³-hybridized carbons (Fsp3) is 0.182. The van der Waals surface area contributed by atoms with Gasteiger partial charge < -0.3 is 16.8 Å². The van der Waals surface area contributed by atoms with Crippen LogP contribution in [-0.4, -0.2) is 10.9 Å². The molecular formula is C11H10N4OS2. The van der Waals surface area contributed by atoms with Gasteiger partial charge in [0.1, 0.15) is 11.7 Å². The summed E-state index contributed by atoms with van der Waals surface area (Å²) in [6.07, 6.45) is 0. The maximum atomic E-state index is 11.6. The van der Waals surface area contributed by atoms with E-state index in [0.29, 0.717) is 5.57 Å². The van der Waals surface area contributed by atoms with E-state index in [1.54, 1.807) is 0 Å². The van der Waals surface area contributed by atoms with E-state index in [1.165, 1.54) is 11.3 Å². The molecule has 0 bridgehead atoms. The van der Waals surface area contributed by atoms with Gasteiger partial charge in [0.05, 0.1) is 22.5 Å². The van der Waals surface area contributed by atoms with Gasteiger partial charge in [-0.15, -0.1) is 11.3 Å². The molecule has 1 aromatic rings. The van der Waals surface area contributed by atoms with Gasteiger partial charge in [0.2, 0.25) is 5.91 Å². The number of primary amides is 1. The number of nitriles is 1. The zero-order chi connectivity index (χ0) is 13.3. The summed E-state index contributed by atoms with van der Waals surface area (Å²) in [5, 5.41) is 13.7. The summed E-state index contributed by atoms with van der Waals surface area (Å²) in [5.41, 5.74) is 11.4. The molecule has 2 heterocycles. The number of carbonyl (C=O) groups excluding carboxylic acids is 1. The zero-order valence-electron chi connectivity index (χ0n) is 9.21. The maximum absolute atomic E-state index is 11.6. The van der Waals surface area contributed by atoms with Crippen LogP contribution in [0.1, 0.15) is 10.8 Å². The van der Waals surface area contributed by atoms with Crippen LogP contribution in [0, 0.1) is 17.2 Å². The highest BCUT2D eigenvalue weighted by Crippen LogP contribution is 2.38. The van der Waals surface area contributed by atoms with Crippen LogP contribution >= 0.6 is 23.6 Å². The normalized spacial score (nSPS) is 23.4. The Morgan fingerprint density at radius 2 is 2.33 bits per heavy atom. The van der Waals surface area contributed by atoms with Crippen LogP contribution in [0.4, 0.5) is 0 Å². The average molecular weight is 278 g/mol. The molecule has 0 spiro atoms. The monoisotopic (exact) mass is 278 g/mol. The summed E-state index contributed by atoms with van der Waals surface area (Å²) in [4.78, 5) is 12.7. The van der Waals surface area contributed by atoms with Gasteiger partial charge in [-0.1, -0.05) is 18.3 Å². The molecule has 0 saturated heterocycles. The van der Waals surface area contributed by atoms with Crippen molar-refractivity contribution in [2.45, 2.75) is 5.92 Å². The number of rotatable bonds is 2. The second-order valence-electron chi connectivity index (χ2n) is 3.80. The van der Waals surface area contributed by atoms with Crippen molar-refractivity contribution in [3.63, 3.8) is 0 Å². The van der Waals surface area contributed by atoms with Gasteiger partial charge in [-0.3, -0.25) is 4.79 Å². The first-order valence-corrected chi connectivity index (χ1v) is 6.38. The van der Waals surface area contributed by atoms with Crippen molar-refractivity contribution < 1.29 is 4.79 Å². The number of nitrogens with zero attached hydrogens (tertiary/aromatic N) is 1. The summed E-state index contributed by atoms with van der Waals surface area (Å²) in [5.74, 6) is -1.59. The molecule has 0 saturated carbocycles. The van der Waals surface area contributed by atoms with E-state index in [-0.39, 0.29) is 10.8 Å². The minimum absolute atomic E-state index is 0.193. The van der Waals surface area contributed by atoms with Crippen LogP contribution in [0.3, 0.4) is 0 Å². The summed E-state index contributed by atoms with van der Waals surface area (Å²) in [6, 6.07) is 5.71. The molecule has 5 nitrogen and oxygen atoms in total. The van der Waals surface area contributed by atoms with E-state index in [0.717, 1.165) is 4.88 Å². The lowest BCUT2D eigenvalue weighted by Crippen LogP contribution is -2.47. The molecular weight excluding hydrogens is 268 g/mol. The minimum atomic E-state index is -0.736. The Labute approximate surface area is 113 Å². The number of thiophene rings is 1. The fourth-order valence-electron chi connectivity index (χ4n) is 1.96. The SMILES string of the molecule is N#CC1=C(N)NC(=S)[C@@H](C(N)=O)[C@H]1c1cccs1. The summed E-state index contributed by atoms with van der Waals surface area (Å²) < 4.78 is 0. The number of thiocarbonyl (C=S) groups is 1. The average Bonchev–Trinajstić information content (AvgIpc) is 2.80. The molecule has 2 atom stereocenters. The number of amides is 1. The summed E-state index contributed by atoms with van der Waals surface area (Å²) in [7, 11) is 0. The summed E-state index contributed by atoms with van der Waals surface area (Å²) >= 11 is 6.54. The van der Waals surface area contributed by atoms with Crippen molar-refractivity contribution >= 4 is 34.5 Å². The predicted molar refractivity (Wildman–Crippen MR) is 72.3 cm³/mol. The Kier molecular flexibility index (Phi) is 3.32. The van der Waals surface area contributed by atoms with Crippen molar-refractivity contribution in [3.05, 3.63) is 33.8 Å². The molecule has 92 valence electrons. The second kappa shape index (κ2) is 4.76. The van der Waals surface area contributed by atoms with Gasteiger partial charge in [-0.05, 0) is 11.4 Å². The molecule has 7 heteroatoms. The smallest absolute Gasteiger partial charge is 0.228 e. The van der Waals surface area contributed by atoms with Crippen LogP contribution in [0.5, 0.6) is 0 Å². The number of hydrogen-bond acceptors (Lipinski definition) is 5. The van der Waals surface area contributed by atoms with Crippen LogP contribution < -0.4 is 16.8 Å². The number of nitrogens with two attached hydrogens (primary N) is 2. The van der Waals surface area contributed by atoms with E-state index in [4.69, 9.17) is 23.7 Å². The molecule has 1 amide bonds. The quantitative estimate of drug-likeness (QED) is 0.685. The lowest BCUT2D eigenvalue weighted by Gasteiger charge is -2.30. The van der Waals surface area contributed by atoms with Crippen LogP contribution in [0.15, 0.2) is 28.9 Å². The first-order chi connectivity index (χ1) is 8.56. The molecule has 0 aliphatic carbocycles. The van der Waals surface area contributed by atoms with E-state index in [9.17, 15) is 10.1 Å². The third kappa shape index (κ3) is 1.96. The highest BCUT2D eigenvalue weighted by molar-refractivity contribution is 7.80. The van der Waals surface area contributed by atoms with E-state index < -0.39 is 17.7 Å². The highest BCUT2D eigenvalue weighted by atomic mass is 32.1. The molecule has 0 unspecified atom stereocenters. The Morgan fingerprint density at radius 1 is 1.61 bits per heavy atom. The van der Waals surface area contributed by atoms with Gasteiger partial charge in [0.25, 0.3) is 0 Å². The van der Waals surface area contributed by atoms with E-state index in [2.05, 4.69) is 5.32 Å². The third-order valence-electron chi connectivity index (χ3n) is 2.75. The first kappa shape index (κ1) is 12.5. The van der Waals surface area contributed by atoms with Gasteiger partial charge in [-0.2, -0.15) is 5.26 Å². The van der Waals surface area contributed by atoms with Gasteiger partial charge in [-0.25, -0.2) is 0 Å². The van der Waals surface area contributed by atoms with Crippen molar-refractivity contribution in [1.29, 1.82) is 5.26 Å². The Balaban J connectivity index is 2.59. The molecule has 0 radical (unpaired) electrons. The van der Waals surface area contributed by atoms with Crippen molar-refractivity contribution in [1.82, 2.24) is 5.32 Å². The first-order valence-electron chi connectivity index (χ1n) is 5.09. The van der Waals surface area contributed by atoms with Crippen LogP contribution in [0.2, 0.25) is 0 Å². The van der Waals surface area contributed by atoms with Crippen LogP contribution in [-0.2, 0) is 4.79 Å². The third-order valence-corrected chi connectivity index (χ3v) is 4.06. The Morgan fingerprint density at radius 3 is 2.83 bits per heavy atom. The second-order valence-corrected chi connectivity index (χ2v) is 5.22. The number of carbonyl (C=O) groups is 1. The van der Waals surface area contributed by atoms with Crippen LogP contribution in [0.25, 0.3) is 0 Å². The van der Waals surface area contributed by atoms with Gasteiger partial charge >= 0.3 is 0 Å². The Bertz CT molecular complexity index is 570. The number of nitrogens with one attached hydrogen (secondary N) is 1. The maximum Gasteiger partial charge on any atom is 0.228 e. The summed E-state index contributed by atoms with van der Waals surface area (Å²) in [6.45, 7) is 0. The van der Waals surface area contributed by atoms with Gasteiger partial charge in [0.15, 0.2) is 0 Å². The van der Waals surface area contributed by atoms with E-state index >= 15 is 0 Å². The molecule has 1 aliphatic rings. The lowest BCUT2D eigenvalue weighted by molar-refractivity contribution is -0.120. The molecule has 1 aliphatic heterocycles. The molecule has 1 aromatic heterocycles. The molecule has 0 fully saturated rings. The topological polar surface area (TPSA) is 105 Å². The fourth-order valence-corrected chi connectivity index (χ4v) is 3.20. The molecule has 0 aromatic carbocycles. The minimum Gasteiger partial charge on any atom is -0.384 e. The zero-order valence-corrected chi connectivity index (χ0v) is 10.8. The van der Waals surface area contributed by atoms with Crippen molar-refractivity contribution in [2.75, 3.05) is 0 Å². The number of hydrogen-bond donors (Lipinski definition) is 3. The van der Waals surface area contributed by atoms with Gasteiger partial charge in [0, 0.05) is 4.88 Å². The van der Waals surface area contributed by atoms with Crippen molar-refractivity contribution in [2.24, 2.45) is 17.4 Å². The standard InChI is InChI=1S/C11H10N4OS2/c12-4-5-7(6-2-1-3-18-6)8(10(14)16)11(17)15-9(5)13/h1-3,7-8H,13H2,(H2,14,16)(H,15,17)/t7-,8-/m1/s1. The largest absolute Gasteiger partial charge is 0.384 e. The molecule has 2 rings (SSSR count). The predicted octanol–water partition coefficient (Wildman–Crippen LogP) is 0.558. The molecule has 18 heavy (non-hydrogen) atoms. The highest BCUT2D eigenvalue weighted by Gasteiger charge is 2.40. The molecule has 5 N–H and O–H groups in total. The van der Waals surface area contributed by atoms with E-state index in [1.807, 2.05) is 23.6 Å². The lowest BCUT2D eigenvalue weighted by atomic mass is 9.82. The Hall–Kier alpha value is -1.91.